The third-order valence-electron chi connectivity index (χ3n) is 2.99. The molecule has 0 atom stereocenters. The van der Waals surface area contributed by atoms with Gasteiger partial charge in [0.1, 0.15) is 0 Å². The summed E-state index contributed by atoms with van der Waals surface area (Å²) in [6, 6.07) is 13.4. The lowest BCUT2D eigenvalue weighted by atomic mass is 10.1. The average Bonchev–Trinajstić information content (AvgIpc) is 2.52. The summed E-state index contributed by atoms with van der Waals surface area (Å²) in [5.74, 6) is 4.98. The van der Waals surface area contributed by atoms with E-state index in [4.69, 9.17) is 5.11 Å². The largest absolute Gasteiger partial charge is 0.481 e. The van der Waals surface area contributed by atoms with Gasteiger partial charge >= 0.3 is 5.97 Å². The van der Waals surface area contributed by atoms with E-state index in [9.17, 15) is 14.9 Å². The predicted molar refractivity (Wildman–Crippen MR) is 81.5 cm³/mol. The van der Waals surface area contributed by atoms with Crippen LogP contribution in [0.1, 0.15) is 23.1 Å². The summed E-state index contributed by atoms with van der Waals surface area (Å²) in [5, 5.41) is 19.3. The molecule has 1 N–H and O–H groups in total. The summed E-state index contributed by atoms with van der Waals surface area (Å²) >= 11 is 0. The first kappa shape index (κ1) is 15.3. The topological polar surface area (TPSA) is 80.4 Å². The Labute approximate surface area is 127 Å². The van der Waals surface area contributed by atoms with Crippen LogP contribution in [0.25, 0.3) is 0 Å². The van der Waals surface area contributed by atoms with Gasteiger partial charge < -0.3 is 5.11 Å². The van der Waals surface area contributed by atoms with Gasteiger partial charge in [0, 0.05) is 29.7 Å². The van der Waals surface area contributed by atoms with Crippen molar-refractivity contribution in [3.63, 3.8) is 0 Å². The zero-order valence-corrected chi connectivity index (χ0v) is 11.7. The maximum absolute atomic E-state index is 10.7. The van der Waals surface area contributed by atoms with Crippen LogP contribution in [0.15, 0.2) is 48.5 Å². The van der Waals surface area contributed by atoms with Crippen LogP contribution in [0, 0.1) is 22.0 Å². The van der Waals surface area contributed by atoms with Crippen molar-refractivity contribution >= 4 is 11.7 Å². The van der Waals surface area contributed by atoms with Crippen molar-refractivity contribution in [2.45, 2.75) is 12.8 Å². The smallest absolute Gasteiger partial charge is 0.303 e. The van der Waals surface area contributed by atoms with E-state index in [-0.39, 0.29) is 12.1 Å². The van der Waals surface area contributed by atoms with Gasteiger partial charge in [-0.2, -0.15) is 0 Å². The van der Waals surface area contributed by atoms with E-state index in [0.717, 1.165) is 11.1 Å². The molecule has 110 valence electrons. The van der Waals surface area contributed by atoms with Crippen molar-refractivity contribution in [2.24, 2.45) is 0 Å². The van der Waals surface area contributed by atoms with Crippen LogP contribution in [0.3, 0.4) is 0 Å². The molecule has 2 aromatic rings. The first-order valence-electron chi connectivity index (χ1n) is 6.62. The number of benzene rings is 2. The molecule has 0 spiro atoms. The Morgan fingerprint density at radius 1 is 1.09 bits per heavy atom. The number of nitro groups is 1. The van der Waals surface area contributed by atoms with Crippen molar-refractivity contribution in [3.05, 3.63) is 75.3 Å². The molecule has 0 radical (unpaired) electrons. The molecule has 0 saturated carbocycles. The van der Waals surface area contributed by atoms with Crippen LogP contribution in [0.5, 0.6) is 0 Å². The maximum atomic E-state index is 10.7. The van der Waals surface area contributed by atoms with Crippen molar-refractivity contribution < 1.29 is 14.8 Å². The van der Waals surface area contributed by atoms with Crippen molar-refractivity contribution in [2.75, 3.05) is 0 Å². The summed E-state index contributed by atoms with van der Waals surface area (Å²) in [6.45, 7) is 0. The fourth-order valence-electron chi connectivity index (χ4n) is 1.85. The lowest BCUT2D eigenvalue weighted by Crippen LogP contribution is -1.97. The minimum Gasteiger partial charge on any atom is -0.481 e. The lowest BCUT2D eigenvalue weighted by Gasteiger charge is -1.98. The minimum absolute atomic E-state index is 0.0100. The fourth-order valence-corrected chi connectivity index (χ4v) is 1.85. The molecule has 0 saturated heterocycles. The van der Waals surface area contributed by atoms with E-state index in [1.807, 2.05) is 24.3 Å². The van der Waals surface area contributed by atoms with E-state index in [0.29, 0.717) is 12.0 Å². The predicted octanol–water partition coefficient (Wildman–Crippen LogP) is 3.01. The van der Waals surface area contributed by atoms with E-state index < -0.39 is 10.9 Å². The van der Waals surface area contributed by atoms with Gasteiger partial charge in [-0.15, -0.1) is 0 Å². The number of aryl methyl sites for hydroxylation is 1. The monoisotopic (exact) mass is 295 g/mol. The van der Waals surface area contributed by atoms with E-state index in [1.54, 1.807) is 12.1 Å². The number of nitro benzene ring substituents is 1. The second kappa shape index (κ2) is 7.04. The van der Waals surface area contributed by atoms with Crippen LogP contribution >= 0.6 is 0 Å². The maximum Gasteiger partial charge on any atom is 0.303 e. The normalized spacial score (nSPS) is 9.64. The Morgan fingerprint density at radius 2 is 1.77 bits per heavy atom. The number of carboxylic acids is 1. The van der Waals surface area contributed by atoms with Gasteiger partial charge in [0.05, 0.1) is 4.92 Å². The Morgan fingerprint density at radius 3 is 2.41 bits per heavy atom. The van der Waals surface area contributed by atoms with E-state index >= 15 is 0 Å². The molecule has 2 aromatic carbocycles. The molecule has 5 nitrogen and oxygen atoms in total. The van der Waals surface area contributed by atoms with Gasteiger partial charge in [0.15, 0.2) is 0 Å². The quantitative estimate of drug-likeness (QED) is 0.534. The summed E-state index contributed by atoms with van der Waals surface area (Å²) < 4.78 is 0. The number of carboxylic acid groups (broad SMARTS) is 1. The molecule has 0 fully saturated rings. The summed E-state index contributed by atoms with van der Waals surface area (Å²) in [7, 11) is 0. The molecule has 0 aromatic heterocycles. The van der Waals surface area contributed by atoms with Gasteiger partial charge in [-0.25, -0.2) is 0 Å². The van der Waals surface area contributed by atoms with Crippen LogP contribution in [0.2, 0.25) is 0 Å². The minimum atomic E-state index is -0.824. The molecule has 0 heterocycles. The fraction of sp³-hybridized carbons (Fsp3) is 0.118. The highest BCUT2D eigenvalue weighted by molar-refractivity contribution is 5.67. The molecule has 0 bridgehead atoms. The summed E-state index contributed by atoms with van der Waals surface area (Å²) in [6.07, 6.45) is 0.576. The summed E-state index contributed by atoms with van der Waals surface area (Å²) in [5.41, 5.74) is 2.29. The van der Waals surface area contributed by atoms with Gasteiger partial charge in [0.25, 0.3) is 5.69 Å². The standard InChI is InChI=1S/C17H13NO4/c19-17(20)11-10-14-6-4-13(5-7-14)8-9-15-2-1-3-16(12-15)18(21)22/h1-7,12H,10-11H2,(H,19,20). The molecular weight excluding hydrogens is 282 g/mol. The Hall–Kier alpha value is -3.13. The van der Waals surface area contributed by atoms with Gasteiger partial charge in [-0.05, 0) is 30.2 Å². The van der Waals surface area contributed by atoms with E-state index in [2.05, 4.69) is 11.8 Å². The highest BCUT2D eigenvalue weighted by Gasteiger charge is 2.03. The lowest BCUT2D eigenvalue weighted by molar-refractivity contribution is -0.384. The average molecular weight is 295 g/mol. The molecule has 0 aliphatic rings. The second-order valence-corrected chi connectivity index (χ2v) is 4.65. The van der Waals surface area contributed by atoms with Crippen LogP contribution in [0.4, 0.5) is 5.69 Å². The molecule has 22 heavy (non-hydrogen) atoms. The third-order valence-corrected chi connectivity index (χ3v) is 2.99. The highest BCUT2D eigenvalue weighted by atomic mass is 16.6. The van der Waals surface area contributed by atoms with Crippen molar-refractivity contribution in [3.8, 4) is 11.8 Å². The molecule has 0 unspecified atom stereocenters. The molecule has 5 heteroatoms. The van der Waals surface area contributed by atoms with E-state index in [1.165, 1.54) is 12.1 Å². The summed E-state index contributed by atoms with van der Waals surface area (Å²) in [4.78, 5) is 20.7. The van der Waals surface area contributed by atoms with Crippen LogP contribution in [-0.4, -0.2) is 16.0 Å². The number of non-ortho nitro benzene ring substituents is 1. The first-order chi connectivity index (χ1) is 10.5. The number of carbonyl (C=O) groups is 1. The highest BCUT2D eigenvalue weighted by Crippen LogP contribution is 2.12. The molecule has 2 rings (SSSR count). The number of aliphatic carboxylic acids is 1. The Balaban J connectivity index is 2.10. The molecule has 0 aliphatic carbocycles. The second-order valence-electron chi connectivity index (χ2n) is 4.65. The van der Waals surface area contributed by atoms with Gasteiger partial charge in [-0.3, -0.25) is 14.9 Å². The van der Waals surface area contributed by atoms with Crippen molar-refractivity contribution in [1.29, 1.82) is 0 Å². The van der Waals surface area contributed by atoms with Gasteiger partial charge in [0.2, 0.25) is 0 Å². The SMILES string of the molecule is O=C(O)CCc1ccc(C#Cc2cccc([N+](=O)[O-])c2)cc1. The van der Waals surface area contributed by atoms with Crippen LogP contribution in [-0.2, 0) is 11.2 Å². The first-order valence-corrected chi connectivity index (χ1v) is 6.62. The van der Waals surface area contributed by atoms with Crippen molar-refractivity contribution in [1.82, 2.24) is 0 Å². The Bertz CT molecular complexity index is 754. The van der Waals surface area contributed by atoms with Gasteiger partial charge in [-0.1, -0.05) is 30.0 Å². The molecular formula is C17H13NO4. The number of hydrogen-bond acceptors (Lipinski definition) is 3. The zero-order valence-electron chi connectivity index (χ0n) is 11.7. The molecule has 0 amide bonds. The number of nitrogens with zero attached hydrogens (tertiary/aromatic N) is 1. The Kier molecular flexibility index (Phi) is 4.89. The number of rotatable bonds is 4. The molecule has 0 aliphatic heterocycles. The zero-order chi connectivity index (χ0) is 15.9. The number of hydrogen-bond donors (Lipinski definition) is 1. The van der Waals surface area contributed by atoms with Crippen LogP contribution < -0.4 is 0 Å². The third kappa shape index (κ3) is 4.46.